The Kier molecular flexibility index (Phi) is 25.7. The molecule has 3 aliphatic heterocycles. The topological polar surface area (TPSA) is 446 Å². The van der Waals surface area contributed by atoms with E-state index in [-0.39, 0.29) is 88.6 Å². The van der Waals surface area contributed by atoms with E-state index < -0.39 is 150 Å². The van der Waals surface area contributed by atoms with Gasteiger partial charge in [0.1, 0.15) is 72.0 Å². The number of guanidine groups is 1. The van der Waals surface area contributed by atoms with E-state index in [0.717, 1.165) is 22.9 Å². The second-order valence-electron chi connectivity index (χ2n) is 26.4. The minimum absolute atomic E-state index is 0.00451. The maximum atomic E-state index is 15.5. The number of primary amides is 1. The van der Waals surface area contributed by atoms with Crippen molar-refractivity contribution >= 4 is 98.5 Å². The number of carbonyl (C=O) groups is 12. The molecule has 0 spiro atoms. The number of aliphatic imine (C=N–C) groups is 1. The summed E-state index contributed by atoms with van der Waals surface area (Å²) in [6.07, 6.45) is 3.03. The van der Waals surface area contributed by atoms with Crippen LogP contribution in [0.25, 0.3) is 21.7 Å². The zero-order valence-electron chi connectivity index (χ0n) is 57.2. The number of hydrogen-bond acceptors (Lipinski definition) is 14. The first kappa shape index (κ1) is 75.5. The number of aromatic hydroxyl groups is 1. The molecule has 0 unspecified atom stereocenters. The van der Waals surface area contributed by atoms with Crippen molar-refractivity contribution in [3.8, 4) is 5.75 Å². The van der Waals surface area contributed by atoms with Gasteiger partial charge >= 0.3 is 0 Å². The van der Waals surface area contributed by atoms with Gasteiger partial charge in [0.05, 0.1) is 6.42 Å². The lowest BCUT2D eigenvalue weighted by Gasteiger charge is -2.31. The number of rotatable bonds is 21. The molecule has 3 aliphatic rings. The molecule has 0 radical (unpaired) electrons. The van der Waals surface area contributed by atoms with Gasteiger partial charge in [0.25, 0.3) is 0 Å². The molecule has 10 atom stereocenters. The van der Waals surface area contributed by atoms with Crippen LogP contribution in [-0.2, 0) is 83.2 Å². The summed E-state index contributed by atoms with van der Waals surface area (Å²) < 4.78 is 14.3. The Morgan fingerprint density at radius 2 is 1.32 bits per heavy atom. The quantitative estimate of drug-likeness (QED) is 0.0198. The fourth-order valence-corrected chi connectivity index (χ4v) is 12.8. The van der Waals surface area contributed by atoms with Gasteiger partial charge in [-0.25, -0.2) is 4.39 Å². The number of phenolic OH excluding ortho intramolecular Hbond substituents is 1. The standard InChI is InChI=1S/C73H87FN16O13/c1-40(2)31-53-64(95)81-52(15-8-28-78-73(76)77)72(103)90-30-10-17-61(90)71(102)88-59(63(75)94)39-80-62(93)37-58(69(100)83-54(34-43-21-26-49(92)27-22-43)65(96)84-56(67(98)82-53)35-44-18-23-45-11-4-5-12-46(45)32-44)86-68(99)57(36-47-38-79-51-14-7-6-13-50(47)51)85-66(97)55(33-42-19-24-48(74)25-20-42)87-70(101)60-16-9-29-89(60)41(3)91/h4-7,9,11-14,16,18-27,32,38,40,52-61,79,92H,8,10,15,17,28-31,33-37,39H2,1-3H3,(H2,75,94)(H,80,93)(H,81,95)(H,82,98)(H,83,100)(H,84,96)(H,85,97)(H,86,99)(H,87,101)(H,88,102)(H4,76,77,78)/t52-,53-,54-,55-,56-,57+,58-,59-,60-,61-/m0/s1. The minimum Gasteiger partial charge on any atom is -0.508 e. The van der Waals surface area contributed by atoms with Gasteiger partial charge in [0, 0.05) is 75.9 Å². The predicted octanol–water partition coefficient (Wildman–Crippen LogP) is 0.198. The van der Waals surface area contributed by atoms with Crippen LogP contribution in [0.1, 0.15) is 81.5 Å². The third kappa shape index (κ3) is 20.7. The summed E-state index contributed by atoms with van der Waals surface area (Å²) in [6, 6.07) is 15.3. The van der Waals surface area contributed by atoms with Crippen molar-refractivity contribution in [3.63, 3.8) is 0 Å². The van der Waals surface area contributed by atoms with Crippen LogP contribution in [0.4, 0.5) is 4.39 Å². The third-order valence-electron chi connectivity index (χ3n) is 18.2. The number of hydrogen-bond donors (Lipinski definition) is 14. The van der Waals surface area contributed by atoms with Crippen LogP contribution in [-0.4, -0.2) is 183 Å². The van der Waals surface area contributed by atoms with Gasteiger partial charge in [0.15, 0.2) is 5.96 Å². The fourth-order valence-electron chi connectivity index (χ4n) is 12.8. The van der Waals surface area contributed by atoms with Crippen molar-refractivity contribution in [2.45, 2.75) is 145 Å². The smallest absolute Gasteiger partial charge is 0.247 e. The molecular formula is C73H87FN16O13. The van der Waals surface area contributed by atoms with Crippen LogP contribution in [0, 0.1) is 11.7 Å². The second-order valence-corrected chi connectivity index (χ2v) is 26.4. The average Bonchev–Trinajstić information content (AvgIpc) is 1.80. The molecular weight excluding hydrogens is 1330 g/mol. The average molecular weight is 1420 g/mol. The Morgan fingerprint density at radius 1 is 0.689 bits per heavy atom. The molecule has 5 aromatic carbocycles. The van der Waals surface area contributed by atoms with Gasteiger partial charge < -0.3 is 84.9 Å². The first-order valence-corrected chi connectivity index (χ1v) is 34.1. The predicted molar refractivity (Wildman–Crippen MR) is 378 cm³/mol. The lowest BCUT2D eigenvalue weighted by Crippen LogP contribution is -2.61. The lowest BCUT2D eigenvalue weighted by molar-refractivity contribution is -0.142. The Hall–Kier alpha value is -11.7. The highest BCUT2D eigenvalue weighted by Gasteiger charge is 2.42. The van der Waals surface area contributed by atoms with E-state index in [1.807, 2.05) is 36.4 Å². The van der Waals surface area contributed by atoms with Crippen LogP contribution >= 0.6 is 0 Å². The summed E-state index contributed by atoms with van der Waals surface area (Å²) in [6.45, 7) is 4.33. The number of aromatic amines is 1. The number of H-pyrrole nitrogens is 1. The normalized spacial score (nSPS) is 21.6. The van der Waals surface area contributed by atoms with Gasteiger partial charge in [-0.05, 0) is 101 Å². The maximum absolute atomic E-state index is 15.5. The number of carbonyl (C=O) groups excluding carboxylic acids is 12. The number of phenols is 1. The van der Waals surface area contributed by atoms with Crippen LogP contribution in [0.2, 0.25) is 0 Å². The number of fused-ring (bicyclic) bond motifs is 3. The first-order chi connectivity index (χ1) is 49.3. The van der Waals surface area contributed by atoms with E-state index in [9.17, 15) is 43.1 Å². The van der Waals surface area contributed by atoms with E-state index in [1.165, 1.54) is 59.2 Å². The molecule has 544 valence electrons. The monoisotopic (exact) mass is 1410 g/mol. The highest BCUT2D eigenvalue weighted by atomic mass is 19.1. The van der Waals surface area contributed by atoms with Crippen LogP contribution in [0.15, 0.2) is 139 Å². The zero-order valence-corrected chi connectivity index (χ0v) is 57.2. The van der Waals surface area contributed by atoms with E-state index in [0.29, 0.717) is 39.6 Å². The molecule has 29 nitrogen and oxygen atoms in total. The minimum atomic E-state index is -2.01. The molecule has 4 heterocycles. The van der Waals surface area contributed by atoms with Gasteiger partial charge in [-0.15, -0.1) is 0 Å². The lowest BCUT2D eigenvalue weighted by atomic mass is 9.98. The molecule has 12 amide bonds. The Balaban J connectivity index is 1.11. The van der Waals surface area contributed by atoms with E-state index >= 15 is 24.0 Å². The summed E-state index contributed by atoms with van der Waals surface area (Å²) in [7, 11) is 0. The summed E-state index contributed by atoms with van der Waals surface area (Å²) in [5, 5.41) is 36.8. The van der Waals surface area contributed by atoms with Gasteiger partial charge in [-0.2, -0.15) is 0 Å². The molecule has 17 N–H and O–H groups in total. The molecule has 0 saturated carbocycles. The number of benzene rings is 5. The van der Waals surface area contributed by atoms with Crippen molar-refractivity contribution in [1.82, 2.24) is 62.6 Å². The van der Waals surface area contributed by atoms with Gasteiger partial charge in [0.2, 0.25) is 70.9 Å². The third-order valence-corrected chi connectivity index (χ3v) is 18.2. The van der Waals surface area contributed by atoms with Crippen molar-refractivity contribution in [2.75, 3.05) is 26.2 Å². The molecule has 9 rings (SSSR count). The second kappa shape index (κ2) is 35.1. The molecule has 2 saturated heterocycles. The summed E-state index contributed by atoms with van der Waals surface area (Å²) >= 11 is 0. The number of para-hydroxylation sites is 1. The van der Waals surface area contributed by atoms with Crippen molar-refractivity contribution in [2.24, 2.45) is 28.1 Å². The van der Waals surface area contributed by atoms with E-state index in [1.54, 1.807) is 56.5 Å². The van der Waals surface area contributed by atoms with Crippen LogP contribution in [0.5, 0.6) is 5.75 Å². The molecule has 30 heteroatoms. The molecule has 1 aromatic heterocycles. The Labute approximate surface area is 592 Å². The highest BCUT2D eigenvalue weighted by molar-refractivity contribution is 6.01. The number of amides is 12. The van der Waals surface area contributed by atoms with Gasteiger partial charge in [-0.3, -0.25) is 62.5 Å². The maximum Gasteiger partial charge on any atom is 0.247 e. The fraction of sp³-hybridized carbons (Fsp3) is 0.384. The summed E-state index contributed by atoms with van der Waals surface area (Å²) in [4.78, 5) is 185. The number of aromatic nitrogens is 1. The molecule has 103 heavy (non-hydrogen) atoms. The number of halogens is 1. The largest absolute Gasteiger partial charge is 0.508 e. The van der Waals surface area contributed by atoms with Crippen molar-refractivity contribution in [1.29, 1.82) is 0 Å². The van der Waals surface area contributed by atoms with E-state index in [4.69, 9.17) is 17.2 Å². The van der Waals surface area contributed by atoms with Crippen LogP contribution < -0.4 is 65.1 Å². The molecule has 6 aromatic rings. The molecule has 0 bridgehead atoms. The first-order valence-electron chi connectivity index (χ1n) is 34.1. The number of nitrogens with one attached hydrogen (secondary N) is 10. The highest BCUT2D eigenvalue weighted by Crippen LogP contribution is 2.24. The summed E-state index contributed by atoms with van der Waals surface area (Å²) in [5.41, 5.74) is 19.5. The number of nitrogens with zero attached hydrogens (tertiary/aromatic N) is 3. The summed E-state index contributed by atoms with van der Waals surface area (Å²) in [5.74, 6) is -12.1. The zero-order chi connectivity index (χ0) is 74.0. The SMILES string of the molecule is CC(=O)N1CC=C[C@H]1C(=O)N[C@@H](Cc1ccc(F)cc1)C(=O)N[C@H](Cc1c[nH]c2ccccc12)C(=O)N[C@H]1CC(=O)NC[C@@H](C(N)=O)NC(=O)[C@@H]2CCCN2C(=O)[C@H](CCCN=C(N)N)NC(=O)[C@H](CC(C)C)NC(=O)[C@H](Cc2ccc3ccccc3c2)NC(=O)[C@H](Cc2ccc(O)cc2)NC1=O. The Bertz CT molecular complexity index is 4200. The van der Waals surface area contributed by atoms with Gasteiger partial charge in [-0.1, -0.05) is 111 Å². The molecule has 2 fully saturated rings. The van der Waals surface area contributed by atoms with Crippen LogP contribution in [0.3, 0.4) is 0 Å². The Morgan fingerprint density at radius 3 is 2.02 bits per heavy atom. The van der Waals surface area contributed by atoms with E-state index in [2.05, 4.69) is 57.8 Å². The molecule has 0 aliphatic carbocycles. The van der Waals surface area contributed by atoms with Crippen molar-refractivity contribution in [3.05, 3.63) is 162 Å². The van der Waals surface area contributed by atoms with Crippen molar-refractivity contribution < 1.29 is 67.0 Å². The number of nitrogens with two attached hydrogens (primary N) is 3.